The lowest BCUT2D eigenvalue weighted by Gasteiger charge is -2.22. The highest BCUT2D eigenvalue weighted by Crippen LogP contribution is 2.17. The molecular weight excluding hydrogens is 270 g/mol. The summed E-state index contributed by atoms with van der Waals surface area (Å²) < 4.78 is 4.94. The standard InChI is InChI=1S/C14H23N5O2/c1-21-10-9-15-12-7-8-13(19-18-12)17-14(20)16-11-5-3-2-4-6-11/h7-8,11H,2-6,9-10H2,1H3,(H,15,18)(H2,16,17,19,20). The molecule has 1 saturated carbocycles. The summed E-state index contributed by atoms with van der Waals surface area (Å²) in [5, 5.41) is 16.7. The van der Waals surface area contributed by atoms with E-state index in [9.17, 15) is 4.79 Å². The van der Waals surface area contributed by atoms with E-state index in [4.69, 9.17) is 4.74 Å². The zero-order valence-corrected chi connectivity index (χ0v) is 12.4. The van der Waals surface area contributed by atoms with Gasteiger partial charge in [-0.05, 0) is 25.0 Å². The zero-order valence-electron chi connectivity index (χ0n) is 12.4. The average Bonchev–Trinajstić information content (AvgIpc) is 2.50. The number of ether oxygens (including phenoxy) is 1. The molecule has 1 aromatic rings. The van der Waals surface area contributed by atoms with Crippen molar-refractivity contribution in [3.63, 3.8) is 0 Å². The van der Waals surface area contributed by atoms with Crippen LogP contribution in [0.2, 0.25) is 0 Å². The van der Waals surface area contributed by atoms with Gasteiger partial charge in [-0.15, -0.1) is 10.2 Å². The molecule has 0 aliphatic heterocycles. The number of rotatable bonds is 6. The van der Waals surface area contributed by atoms with Crippen molar-refractivity contribution >= 4 is 17.7 Å². The number of amides is 2. The Morgan fingerprint density at radius 3 is 2.62 bits per heavy atom. The minimum absolute atomic E-state index is 0.212. The lowest BCUT2D eigenvalue weighted by molar-refractivity contribution is 0.210. The number of hydrogen-bond acceptors (Lipinski definition) is 5. The van der Waals surface area contributed by atoms with Gasteiger partial charge in [0.15, 0.2) is 5.82 Å². The fourth-order valence-electron chi connectivity index (χ4n) is 2.36. The molecule has 2 amide bonds. The maximum Gasteiger partial charge on any atom is 0.320 e. The predicted molar refractivity (Wildman–Crippen MR) is 81.4 cm³/mol. The minimum atomic E-state index is -0.212. The van der Waals surface area contributed by atoms with Crippen LogP contribution in [-0.4, -0.2) is 42.5 Å². The lowest BCUT2D eigenvalue weighted by Crippen LogP contribution is -2.39. The molecular formula is C14H23N5O2. The SMILES string of the molecule is COCCNc1ccc(NC(=O)NC2CCCCC2)nn1. The van der Waals surface area contributed by atoms with Gasteiger partial charge in [0.2, 0.25) is 0 Å². The van der Waals surface area contributed by atoms with E-state index >= 15 is 0 Å². The van der Waals surface area contributed by atoms with Crippen LogP contribution in [0.3, 0.4) is 0 Å². The molecule has 3 N–H and O–H groups in total. The molecule has 0 atom stereocenters. The quantitative estimate of drug-likeness (QED) is 0.698. The number of nitrogens with zero attached hydrogens (tertiary/aromatic N) is 2. The molecule has 0 spiro atoms. The van der Waals surface area contributed by atoms with Crippen molar-refractivity contribution in [1.82, 2.24) is 15.5 Å². The normalized spacial score (nSPS) is 15.5. The Morgan fingerprint density at radius 1 is 1.24 bits per heavy atom. The van der Waals surface area contributed by atoms with E-state index in [0.29, 0.717) is 24.8 Å². The largest absolute Gasteiger partial charge is 0.383 e. The van der Waals surface area contributed by atoms with Gasteiger partial charge in [0.05, 0.1) is 6.61 Å². The topological polar surface area (TPSA) is 88.2 Å². The first-order valence-corrected chi connectivity index (χ1v) is 7.42. The van der Waals surface area contributed by atoms with Gasteiger partial charge in [0.1, 0.15) is 5.82 Å². The lowest BCUT2D eigenvalue weighted by atomic mass is 9.96. The third kappa shape index (κ3) is 5.55. The second-order valence-corrected chi connectivity index (χ2v) is 5.16. The highest BCUT2D eigenvalue weighted by atomic mass is 16.5. The maximum absolute atomic E-state index is 11.9. The Balaban J connectivity index is 1.75. The molecule has 0 unspecified atom stereocenters. The summed E-state index contributed by atoms with van der Waals surface area (Å²) in [7, 11) is 1.64. The Labute approximate surface area is 124 Å². The minimum Gasteiger partial charge on any atom is -0.383 e. The van der Waals surface area contributed by atoms with Gasteiger partial charge in [0, 0.05) is 19.7 Å². The number of carbonyl (C=O) groups excluding carboxylic acids is 1. The number of carbonyl (C=O) groups is 1. The van der Waals surface area contributed by atoms with Crippen LogP contribution in [0.5, 0.6) is 0 Å². The van der Waals surface area contributed by atoms with Crippen molar-refractivity contribution in [3.05, 3.63) is 12.1 Å². The zero-order chi connectivity index (χ0) is 14.9. The van der Waals surface area contributed by atoms with Gasteiger partial charge in [0.25, 0.3) is 0 Å². The molecule has 0 saturated heterocycles. The number of nitrogens with one attached hydrogen (secondary N) is 3. The Bertz CT molecular complexity index is 431. The molecule has 1 heterocycles. The van der Waals surface area contributed by atoms with Crippen LogP contribution >= 0.6 is 0 Å². The first kappa shape index (κ1) is 15.5. The summed E-state index contributed by atoms with van der Waals surface area (Å²) in [4.78, 5) is 11.9. The predicted octanol–water partition coefficient (Wildman–Crippen LogP) is 1.99. The Hall–Kier alpha value is -1.89. The van der Waals surface area contributed by atoms with Crippen LogP contribution in [0.15, 0.2) is 12.1 Å². The summed E-state index contributed by atoms with van der Waals surface area (Å²) in [6, 6.07) is 3.57. The van der Waals surface area contributed by atoms with Crippen molar-refractivity contribution in [1.29, 1.82) is 0 Å². The molecule has 116 valence electrons. The molecule has 2 rings (SSSR count). The number of anilines is 2. The molecule has 1 aliphatic rings. The molecule has 1 aliphatic carbocycles. The molecule has 7 nitrogen and oxygen atoms in total. The number of urea groups is 1. The number of hydrogen-bond donors (Lipinski definition) is 3. The molecule has 0 bridgehead atoms. The molecule has 0 aromatic carbocycles. The molecule has 21 heavy (non-hydrogen) atoms. The van der Waals surface area contributed by atoms with Crippen LogP contribution < -0.4 is 16.0 Å². The van der Waals surface area contributed by atoms with Gasteiger partial charge in [-0.25, -0.2) is 4.79 Å². The van der Waals surface area contributed by atoms with Crippen molar-refractivity contribution in [3.8, 4) is 0 Å². The summed E-state index contributed by atoms with van der Waals surface area (Å²) >= 11 is 0. The Kier molecular flexibility index (Phi) is 6.21. The highest BCUT2D eigenvalue weighted by molar-refractivity contribution is 5.88. The van der Waals surface area contributed by atoms with Gasteiger partial charge < -0.3 is 15.4 Å². The maximum atomic E-state index is 11.9. The summed E-state index contributed by atoms with van der Waals surface area (Å²) in [6.07, 6.45) is 5.75. The van der Waals surface area contributed by atoms with Crippen LogP contribution in [0.4, 0.5) is 16.4 Å². The monoisotopic (exact) mass is 293 g/mol. The van der Waals surface area contributed by atoms with Gasteiger partial charge in [-0.1, -0.05) is 19.3 Å². The first-order chi connectivity index (χ1) is 10.3. The third-order valence-corrected chi connectivity index (χ3v) is 3.46. The summed E-state index contributed by atoms with van der Waals surface area (Å²) in [6.45, 7) is 1.27. The second-order valence-electron chi connectivity index (χ2n) is 5.16. The van der Waals surface area contributed by atoms with Crippen LogP contribution in [0.25, 0.3) is 0 Å². The van der Waals surface area contributed by atoms with Gasteiger partial charge in [-0.2, -0.15) is 0 Å². The fraction of sp³-hybridized carbons (Fsp3) is 0.643. The third-order valence-electron chi connectivity index (χ3n) is 3.46. The van der Waals surface area contributed by atoms with Crippen molar-refractivity contribution < 1.29 is 9.53 Å². The van der Waals surface area contributed by atoms with Crippen molar-refractivity contribution in [2.45, 2.75) is 38.1 Å². The number of aromatic nitrogens is 2. The smallest absolute Gasteiger partial charge is 0.320 e. The molecule has 1 aromatic heterocycles. The fourth-order valence-corrected chi connectivity index (χ4v) is 2.36. The van der Waals surface area contributed by atoms with Crippen LogP contribution in [0, 0.1) is 0 Å². The molecule has 1 fully saturated rings. The summed E-state index contributed by atoms with van der Waals surface area (Å²) in [5.41, 5.74) is 0. The molecule has 0 radical (unpaired) electrons. The van der Waals surface area contributed by atoms with Crippen LogP contribution in [0.1, 0.15) is 32.1 Å². The summed E-state index contributed by atoms with van der Waals surface area (Å²) in [5.74, 6) is 1.10. The van der Waals surface area contributed by atoms with Crippen molar-refractivity contribution in [2.24, 2.45) is 0 Å². The van der Waals surface area contributed by atoms with E-state index in [1.54, 1.807) is 19.2 Å². The van der Waals surface area contributed by atoms with E-state index < -0.39 is 0 Å². The Morgan fingerprint density at radius 2 is 1.95 bits per heavy atom. The highest BCUT2D eigenvalue weighted by Gasteiger charge is 2.15. The van der Waals surface area contributed by atoms with E-state index in [1.165, 1.54) is 19.3 Å². The van der Waals surface area contributed by atoms with Gasteiger partial charge in [-0.3, -0.25) is 5.32 Å². The van der Waals surface area contributed by atoms with Crippen molar-refractivity contribution in [2.75, 3.05) is 30.9 Å². The van der Waals surface area contributed by atoms with E-state index in [-0.39, 0.29) is 12.1 Å². The second kappa shape index (κ2) is 8.41. The first-order valence-electron chi connectivity index (χ1n) is 7.42. The van der Waals surface area contributed by atoms with E-state index in [1.807, 2.05) is 0 Å². The van der Waals surface area contributed by atoms with Crippen LogP contribution in [-0.2, 0) is 4.74 Å². The number of methoxy groups -OCH3 is 1. The van der Waals surface area contributed by atoms with E-state index in [2.05, 4.69) is 26.1 Å². The molecule has 7 heteroatoms. The average molecular weight is 293 g/mol. The van der Waals surface area contributed by atoms with Gasteiger partial charge >= 0.3 is 6.03 Å². The van der Waals surface area contributed by atoms with E-state index in [0.717, 1.165) is 12.8 Å².